The van der Waals surface area contributed by atoms with E-state index in [1.807, 2.05) is 11.5 Å². The molecule has 0 amide bonds. The molecule has 0 bridgehead atoms. The van der Waals surface area contributed by atoms with Gasteiger partial charge in [0.1, 0.15) is 4.90 Å². The van der Waals surface area contributed by atoms with Crippen molar-refractivity contribution in [2.45, 2.75) is 38.6 Å². The van der Waals surface area contributed by atoms with Crippen LogP contribution in [0.25, 0.3) is 0 Å². The monoisotopic (exact) mass is 297 g/mol. The van der Waals surface area contributed by atoms with Crippen LogP contribution in [0.15, 0.2) is 17.4 Å². The Morgan fingerprint density at radius 2 is 2.05 bits per heavy atom. The van der Waals surface area contributed by atoms with Crippen molar-refractivity contribution in [3.63, 3.8) is 0 Å². The van der Waals surface area contributed by atoms with Crippen LogP contribution < -0.4 is 4.72 Å². The van der Waals surface area contributed by atoms with Gasteiger partial charge in [-0.15, -0.1) is 0 Å². The highest BCUT2D eigenvalue weighted by Crippen LogP contribution is 2.21. The van der Waals surface area contributed by atoms with Crippen molar-refractivity contribution in [3.05, 3.63) is 23.9 Å². The lowest BCUT2D eigenvalue weighted by Gasteiger charge is -2.05. The van der Waals surface area contributed by atoms with Gasteiger partial charge >= 0.3 is 0 Å². The minimum absolute atomic E-state index is 0.213. The second-order valence-electron chi connectivity index (χ2n) is 4.73. The van der Waals surface area contributed by atoms with Crippen LogP contribution in [0.2, 0.25) is 0 Å². The van der Waals surface area contributed by atoms with Gasteiger partial charge in [0, 0.05) is 19.8 Å². The zero-order chi connectivity index (χ0) is 14.9. The molecule has 0 spiro atoms. The summed E-state index contributed by atoms with van der Waals surface area (Å²) in [5, 5.41) is 4.13. The predicted octanol–water partition coefficient (Wildman–Crippen LogP) is 1.44. The normalized spacial score (nSPS) is 11.8. The summed E-state index contributed by atoms with van der Waals surface area (Å²) in [5.74, 6) is 0.320. The van der Waals surface area contributed by atoms with E-state index in [4.69, 9.17) is 0 Å². The molecular weight excluding hydrogens is 278 g/mol. The Bertz CT molecular complexity index is 714. The average Bonchev–Trinajstić information content (AvgIpc) is 2.85. The molecule has 0 aliphatic carbocycles. The van der Waals surface area contributed by atoms with Crippen LogP contribution in [0.5, 0.6) is 0 Å². The highest BCUT2D eigenvalue weighted by atomic mass is 32.2. The van der Waals surface area contributed by atoms with Gasteiger partial charge in [0.25, 0.3) is 10.0 Å². The summed E-state index contributed by atoms with van der Waals surface area (Å²) in [5.41, 5.74) is 1.08. The molecule has 0 radical (unpaired) electrons. The second-order valence-corrected chi connectivity index (χ2v) is 6.35. The maximum absolute atomic E-state index is 12.4. The summed E-state index contributed by atoms with van der Waals surface area (Å²) in [6.07, 6.45) is 4.26. The highest BCUT2D eigenvalue weighted by Gasteiger charge is 2.24. The number of rotatable bonds is 5. The number of nitrogens with zero attached hydrogens (tertiary/aromatic N) is 4. The van der Waals surface area contributed by atoms with Crippen molar-refractivity contribution in [2.75, 3.05) is 4.72 Å². The predicted molar refractivity (Wildman–Crippen MR) is 76.0 cm³/mol. The van der Waals surface area contributed by atoms with Crippen LogP contribution in [0.3, 0.4) is 0 Å². The Morgan fingerprint density at radius 3 is 2.60 bits per heavy atom. The van der Waals surface area contributed by atoms with Crippen molar-refractivity contribution in [2.24, 2.45) is 7.05 Å². The summed E-state index contributed by atoms with van der Waals surface area (Å²) in [6, 6.07) is 0. The number of anilines is 1. The zero-order valence-corrected chi connectivity index (χ0v) is 12.9. The fourth-order valence-corrected chi connectivity index (χ4v) is 3.56. The Morgan fingerprint density at radius 1 is 1.35 bits per heavy atom. The van der Waals surface area contributed by atoms with Gasteiger partial charge in [-0.05, 0) is 20.3 Å². The highest BCUT2D eigenvalue weighted by molar-refractivity contribution is 7.92. The molecule has 2 aromatic rings. The van der Waals surface area contributed by atoms with E-state index in [1.54, 1.807) is 38.1 Å². The molecule has 2 aromatic heterocycles. The number of sulfonamides is 1. The minimum atomic E-state index is -3.66. The zero-order valence-electron chi connectivity index (χ0n) is 12.1. The molecule has 0 aliphatic rings. The molecule has 2 heterocycles. The van der Waals surface area contributed by atoms with Crippen molar-refractivity contribution in [3.8, 4) is 0 Å². The van der Waals surface area contributed by atoms with Gasteiger partial charge in [-0.3, -0.25) is 9.40 Å². The van der Waals surface area contributed by atoms with Gasteiger partial charge in [-0.1, -0.05) is 6.92 Å². The first-order valence-electron chi connectivity index (χ1n) is 6.40. The van der Waals surface area contributed by atoms with E-state index in [0.717, 1.165) is 13.0 Å². The number of aromatic nitrogens is 4. The molecule has 0 saturated heterocycles. The van der Waals surface area contributed by atoms with Crippen LogP contribution in [0.4, 0.5) is 5.82 Å². The summed E-state index contributed by atoms with van der Waals surface area (Å²) in [6.45, 7) is 6.26. The van der Waals surface area contributed by atoms with Crippen molar-refractivity contribution >= 4 is 15.8 Å². The fourth-order valence-electron chi connectivity index (χ4n) is 2.13. The minimum Gasteiger partial charge on any atom is -0.335 e. The SMILES string of the molecule is CCCn1cnc(NS(=O)(=O)c2c(C)nn(C)c2C)c1. The third-order valence-corrected chi connectivity index (χ3v) is 4.67. The largest absolute Gasteiger partial charge is 0.335 e. The Kier molecular flexibility index (Phi) is 3.85. The molecule has 0 unspecified atom stereocenters. The van der Waals surface area contributed by atoms with Gasteiger partial charge in [-0.25, -0.2) is 13.4 Å². The van der Waals surface area contributed by atoms with Gasteiger partial charge in [0.15, 0.2) is 5.82 Å². The van der Waals surface area contributed by atoms with E-state index >= 15 is 0 Å². The average molecular weight is 297 g/mol. The van der Waals surface area contributed by atoms with E-state index in [2.05, 4.69) is 14.8 Å². The fraction of sp³-hybridized carbons (Fsp3) is 0.500. The number of imidazole rings is 1. The van der Waals surface area contributed by atoms with Gasteiger partial charge in [0.05, 0.1) is 17.7 Å². The standard InChI is InChI=1S/C12H19N5O2S/c1-5-6-17-7-11(13-8-17)15-20(18,19)12-9(2)14-16(4)10(12)3/h7-8,15H,5-6H2,1-4H3. The van der Waals surface area contributed by atoms with E-state index in [-0.39, 0.29) is 4.90 Å². The molecule has 110 valence electrons. The molecule has 1 N–H and O–H groups in total. The smallest absolute Gasteiger partial charge is 0.266 e. The van der Waals surface area contributed by atoms with E-state index in [0.29, 0.717) is 17.2 Å². The summed E-state index contributed by atoms with van der Waals surface area (Å²) < 4.78 is 30.7. The maximum Gasteiger partial charge on any atom is 0.266 e. The second kappa shape index (κ2) is 5.28. The van der Waals surface area contributed by atoms with Crippen LogP contribution >= 0.6 is 0 Å². The van der Waals surface area contributed by atoms with Crippen molar-refractivity contribution in [1.29, 1.82) is 0 Å². The molecule has 2 rings (SSSR count). The van der Waals surface area contributed by atoms with E-state index < -0.39 is 10.0 Å². The van der Waals surface area contributed by atoms with Crippen LogP contribution in [0.1, 0.15) is 24.7 Å². The third-order valence-electron chi connectivity index (χ3n) is 3.07. The number of aryl methyl sites for hydroxylation is 3. The molecule has 0 atom stereocenters. The van der Waals surface area contributed by atoms with Gasteiger partial charge < -0.3 is 4.57 Å². The first-order valence-corrected chi connectivity index (χ1v) is 7.88. The lowest BCUT2D eigenvalue weighted by atomic mass is 10.4. The molecular formula is C12H19N5O2S. The van der Waals surface area contributed by atoms with Crippen LogP contribution in [-0.4, -0.2) is 27.7 Å². The Hall–Kier alpha value is -1.83. The Labute approximate surface area is 118 Å². The first-order chi connectivity index (χ1) is 9.35. The summed E-state index contributed by atoms with van der Waals surface area (Å²) in [4.78, 5) is 4.27. The Balaban J connectivity index is 2.31. The van der Waals surface area contributed by atoms with Gasteiger partial charge in [0.2, 0.25) is 0 Å². The van der Waals surface area contributed by atoms with Crippen molar-refractivity contribution < 1.29 is 8.42 Å². The molecule has 0 aliphatic heterocycles. The van der Waals surface area contributed by atoms with E-state index in [1.165, 1.54) is 0 Å². The van der Waals surface area contributed by atoms with Crippen LogP contribution in [0, 0.1) is 13.8 Å². The molecule has 8 heteroatoms. The molecule has 20 heavy (non-hydrogen) atoms. The number of nitrogens with one attached hydrogen (secondary N) is 1. The first kappa shape index (κ1) is 14.6. The molecule has 0 aromatic carbocycles. The number of hydrogen-bond donors (Lipinski definition) is 1. The lowest BCUT2D eigenvalue weighted by molar-refractivity contribution is 0.599. The molecule has 0 saturated carbocycles. The van der Waals surface area contributed by atoms with Crippen molar-refractivity contribution in [1.82, 2.24) is 19.3 Å². The molecule has 0 fully saturated rings. The maximum atomic E-state index is 12.4. The van der Waals surface area contributed by atoms with E-state index in [9.17, 15) is 8.42 Å². The van der Waals surface area contributed by atoms with Crippen LogP contribution in [-0.2, 0) is 23.6 Å². The van der Waals surface area contributed by atoms with Gasteiger partial charge in [-0.2, -0.15) is 5.10 Å². The quantitative estimate of drug-likeness (QED) is 0.905. The third kappa shape index (κ3) is 2.69. The topological polar surface area (TPSA) is 81.8 Å². The summed E-state index contributed by atoms with van der Waals surface area (Å²) >= 11 is 0. The summed E-state index contributed by atoms with van der Waals surface area (Å²) in [7, 11) is -1.95. The number of hydrogen-bond acceptors (Lipinski definition) is 4. The lowest BCUT2D eigenvalue weighted by Crippen LogP contribution is -2.15. The molecule has 7 nitrogen and oxygen atoms in total.